The molecule has 0 atom stereocenters. The van der Waals surface area contributed by atoms with Crippen molar-refractivity contribution < 1.29 is 32.2 Å². The minimum absolute atomic E-state index is 0.0650. The van der Waals surface area contributed by atoms with Crippen molar-refractivity contribution in [3.8, 4) is 11.5 Å². The predicted octanol–water partition coefficient (Wildman–Crippen LogP) is 4.89. The number of amides is 3. The molecule has 2 aromatic carbocycles. The molecule has 4 rings (SSSR count). The highest BCUT2D eigenvalue weighted by atomic mass is 19.4. The summed E-state index contributed by atoms with van der Waals surface area (Å²) in [4.78, 5) is 33.2. The summed E-state index contributed by atoms with van der Waals surface area (Å²) < 4.78 is 46.6. The first-order valence-corrected chi connectivity index (χ1v) is 9.95. The summed E-state index contributed by atoms with van der Waals surface area (Å²) in [5.41, 5.74) is 0.323. The number of rotatable bonds is 5. The van der Waals surface area contributed by atoms with Crippen LogP contribution >= 0.6 is 0 Å². The largest absolute Gasteiger partial charge is 0.573 e. The van der Waals surface area contributed by atoms with Crippen LogP contribution < -0.4 is 14.4 Å². The van der Waals surface area contributed by atoms with Crippen molar-refractivity contribution in [2.24, 2.45) is 0 Å². The van der Waals surface area contributed by atoms with E-state index in [-0.39, 0.29) is 12.2 Å². The van der Waals surface area contributed by atoms with Gasteiger partial charge in [-0.1, -0.05) is 18.2 Å². The lowest BCUT2D eigenvalue weighted by molar-refractivity contribution is -0.274. The molecular weight excluding hydrogens is 439 g/mol. The molecule has 7 nitrogen and oxygen atoms in total. The zero-order valence-corrected chi connectivity index (χ0v) is 18.0. The van der Waals surface area contributed by atoms with Crippen LogP contribution in [-0.2, 0) is 11.3 Å². The number of para-hydroxylation sites is 1. The molecule has 1 aliphatic rings. The number of hydrogen-bond acceptors (Lipinski definition) is 5. The maximum atomic E-state index is 13.3. The minimum Gasteiger partial charge on any atom is -0.495 e. The fourth-order valence-corrected chi connectivity index (χ4v) is 3.80. The molecule has 10 heteroatoms. The Balaban J connectivity index is 1.69. The van der Waals surface area contributed by atoms with Gasteiger partial charge in [0, 0.05) is 10.9 Å². The molecule has 1 saturated heterocycles. The molecule has 0 N–H and O–H groups in total. The van der Waals surface area contributed by atoms with Crippen molar-refractivity contribution in [2.45, 2.75) is 32.3 Å². The Morgan fingerprint density at radius 3 is 2.33 bits per heavy atom. The molecule has 1 aliphatic heterocycles. The standard InChI is InChI=1S/C23H20F3N3O4/c1-22(2)20(30)29(14-8-10-15(11-9-14)33-23(24,25)26)21(31)28(22)13-17-16-6-4-5-7-18(16)27-12-19(17)32-3/h4-12H,13H2,1-3H3. The Hall–Kier alpha value is -3.82. The lowest BCUT2D eigenvalue weighted by Gasteiger charge is -2.28. The van der Waals surface area contributed by atoms with Crippen molar-refractivity contribution in [1.29, 1.82) is 0 Å². The number of carbonyl (C=O) groups excluding carboxylic acids is 2. The number of alkyl halides is 3. The molecule has 2 heterocycles. The second kappa shape index (κ2) is 7.95. The molecule has 0 radical (unpaired) electrons. The van der Waals surface area contributed by atoms with E-state index in [2.05, 4.69) is 9.72 Å². The van der Waals surface area contributed by atoms with E-state index in [1.165, 1.54) is 24.1 Å². The fourth-order valence-electron chi connectivity index (χ4n) is 3.80. The summed E-state index contributed by atoms with van der Waals surface area (Å²) in [5.74, 6) is -0.486. The molecule has 33 heavy (non-hydrogen) atoms. The summed E-state index contributed by atoms with van der Waals surface area (Å²) >= 11 is 0. The third kappa shape index (κ3) is 4.04. The molecule has 0 saturated carbocycles. The molecule has 3 amide bonds. The number of carbonyl (C=O) groups is 2. The van der Waals surface area contributed by atoms with Gasteiger partial charge in [-0.2, -0.15) is 0 Å². The first kappa shape index (κ1) is 22.4. The van der Waals surface area contributed by atoms with Crippen LogP contribution in [0.4, 0.5) is 23.7 Å². The topological polar surface area (TPSA) is 72.0 Å². The lowest BCUT2D eigenvalue weighted by Crippen LogP contribution is -2.43. The van der Waals surface area contributed by atoms with E-state index in [0.717, 1.165) is 22.4 Å². The first-order chi connectivity index (χ1) is 15.5. The Bertz CT molecular complexity index is 1230. The van der Waals surface area contributed by atoms with Crippen molar-refractivity contribution in [1.82, 2.24) is 9.88 Å². The third-order valence-electron chi connectivity index (χ3n) is 5.54. The summed E-state index contributed by atoms with van der Waals surface area (Å²) in [6, 6.07) is 11.3. The maximum absolute atomic E-state index is 13.3. The van der Waals surface area contributed by atoms with Gasteiger partial charge in [0.25, 0.3) is 5.91 Å². The number of methoxy groups -OCH3 is 1. The highest BCUT2D eigenvalue weighted by molar-refractivity contribution is 6.23. The quantitative estimate of drug-likeness (QED) is 0.508. The normalized spacial score (nSPS) is 15.9. The molecule has 1 fully saturated rings. The molecule has 1 aromatic heterocycles. The van der Waals surface area contributed by atoms with Gasteiger partial charge in [0.1, 0.15) is 17.0 Å². The molecule has 172 valence electrons. The van der Waals surface area contributed by atoms with Crippen LogP contribution in [0.3, 0.4) is 0 Å². The summed E-state index contributed by atoms with van der Waals surface area (Å²) in [6.45, 7) is 3.30. The zero-order chi connectivity index (χ0) is 24.0. The second-order valence-electron chi connectivity index (χ2n) is 7.93. The van der Waals surface area contributed by atoms with Gasteiger partial charge in [0.05, 0.1) is 31.1 Å². The molecule has 0 unspecified atom stereocenters. The Morgan fingerprint density at radius 2 is 1.70 bits per heavy atom. The lowest BCUT2D eigenvalue weighted by atomic mass is 10.0. The number of ether oxygens (including phenoxy) is 2. The summed E-state index contributed by atoms with van der Waals surface area (Å²) in [5, 5.41) is 0.778. The number of benzene rings is 2. The van der Waals surface area contributed by atoms with E-state index in [4.69, 9.17) is 4.74 Å². The fraction of sp³-hybridized carbons (Fsp3) is 0.261. The van der Waals surface area contributed by atoms with Crippen molar-refractivity contribution in [3.63, 3.8) is 0 Å². The molecule has 0 aliphatic carbocycles. The monoisotopic (exact) mass is 459 g/mol. The highest BCUT2D eigenvalue weighted by Crippen LogP contribution is 2.37. The van der Waals surface area contributed by atoms with Crippen LogP contribution in [0, 0.1) is 0 Å². The number of halogens is 3. The summed E-state index contributed by atoms with van der Waals surface area (Å²) in [6.07, 6.45) is -3.28. The predicted molar refractivity (Wildman–Crippen MR) is 114 cm³/mol. The van der Waals surface area contributed by atoms with Crippen LogP contribution in [0.2, 0.25) is 0 Å². The molecule has 0 bridgehead atoms. The third-order valence-corrected chi connectivity index (χ3v) is 5.54. The Labute approximate surface area is 187 Å². The van der Waals surface area contributed by atoms with Crippen molar-refractivity contribution in [2.75, 3.05) is 12.0 Å². The van der Waals surface area contributed by atoms with E-state index >= 15 is 0 Å². The SMILES string of the molecule is COc1cnc2ccccc2c1CN1C(=O)N(c2ccc(OC(F)(F)F)cc2)C(=O)C1(C)C. The van der Waals surface area contributed by atoms with Gasteiger partial charge in [-0.15, -0.1) is 13.2 Å². The van der Waals surface area contributed by atoms with Gasteiger partial charge in [-0.3, -0.25) is 9.78 Å². The van der Waals surface area contributed by atoms with Gasteiger partial charge in [0.15, 0.2) is 0 Å². The zero-order valence-electron chi connectivity index (χ0n) is 18.0. The van der Waals surface area contributed by atoms with Crippen LogP contribution in [-0.4, -0.2) is 40.8 Å². The number of aromatic nitrogens is 1. The van der Waals surface area contributed by atoms with Gasteiger partial charge >= 0.3 is 12.4 Å². The van der Waals surface area contributed by atoms with Gasteiger partial charge in [-0.25, -0.2) is 9.69 Å². The number of nitrogens with zero attached hydrogens (tertiary/aromatic N) is 3. The molecule has 3 aromatic rings. The van der Waals surface area contributed by atoms with Crippen molar-refractivity contribution >= 4 is 28.5 Å². The van der Waals surface area contributed by atoms with E-state index in [1.807, 2.05) is 24.3 Å². The number of fused-ring (bicyclic) bond motifs is 1. The second-order valence-corrected chi connectivity index (χ2v) is 7.93. The van der Waals surface area contributed by atoms with Crippen LogP contribution in [0.25, 0.3) is 10.9 Å². The van der Waals surface area contributed by atoms with Crippen LogP contribution in [0.5, 0.6) is 11.5 Å². The Kier molecular flexibility index (Phi) is 5.39. The minimum atomic E-state index is -4.84. The van der Waals surface area contributed by atoms with E-state index in [0.29, 0.717) is 16.8 Å². The van der Waals surface area contributed by atoms with E-state index in [1.54, 1.807) is 20.0 Å². The average molecular weight is 459 g/mol. The maximum Gasteiger partial charge on any atom is 0.573 e. The van der Waals surface area contributed by atoms with Crippen molar-refractivity contribution in [3.05, 3.63) is 60.3 Å². The number of urea groups is 1. The first-order valence-electron chi connectivity index (χ1n) is 9.95. The van der Waals surface area contributed by atoms with Crippen LogP contribution in [0.15, 0.2) is 54.7 Å². The van der Waals surface area contributed by atoms with Gasteiger partial charge in [0.2, 0.25) is 0 Å². The number of anilines is 1. The number of hydrogen-bond donors (Lipinski definition) is 0. The molecule has 0 spiro atoms. The molecular formula is C23H20F3N3O4. The summed E-state index contributed by atoms with van der Waals surface area (Å²) in [7, 11) is 1.49. The van der Waals surface area contributed by atoms with E-state index in [9.17, 15) is 22.8 Å². The highest BCUT2D eigenvalue weighted by Gasteiger charge is 2.52. The number of imide groups is 1. The smallest absolute Gasteiger partial charge is 0.495 e. The Morgan fingerprint density at radius 1 is 1.03 bits per heavy atom. The van der Waals surface area contributed by atoms with Crippen LogP contribution in [0.1, 0.15) is 19.4 Å². The average Bonchev–Trinajstić information content (AvgIpc) is 2.93. The van der Waals surface area contributed by atoms with Gasteiger partial charge < -0.3 is 14.4 Å². The number of pyridine rings is 1. The van der Waals surface area contributed by atoms with E-state index < -0.39 is 29.6 Å². The van der Waals surface area contributed by atoms with Gasteiger partial charge in [-0.05, 0) is 44.2 Å².